The number of nitrogens with zero attached hydrogens (tertiary/aromatic N) is 3. The molecule has 7 nitrogen and oxygen atoms in total. The number of anilines is 1. The Morgan fingerprint density at radius 1 is 1.31 bits per heavy atom. The molecule has 1 atom stereocenters. The molecule has 1 N–H and O–H groups in total. The molecule has 2 aliphatic heterocycles. The van der Waals surface area contributed by atoms with Gasteiger partial charge in [0.25, 0.3) is 0 Å². The third-order valence-corrected chi connectivity index (χ3v) is 5.73. The molecule has 9 heteroatoms. The van der Waals surface area contributed by atoms with Crippen molar-refractivity contribution in [2.24, 2.45) is 0 Å². The fourth-order valence-electron chi connectivity index (χ4n) is 3.19. The molecule has 0 aliphatic carbocycles. The third kappa shape index (κ3) is 3.82. The van der Waals surface area contributed by atoms with Gasteiger partial charge in [-0.2, -0.15) is 0 Å². The van der Waals surface area contributed by atoms with E-state index in [-0.39, 0.29) is 17.8 Å². The quantitative estimate of drug-likeness (QED) is 0.615. The lowest BCUT2D eigenvalue weighted by Crippen LogP contribution is -2.41. The highest BCUT2D eigenvalue weighted by Gasteiger charge is 2.51. The summed E-state index contributed by atoms with van der Waals surface area (Å²) >= 11 is 5.67. The first-order chi connectivity index (χ1) is 12.2. The molecule has 0 spiro atoms. The van der Waals surface area contributed by atoms with Crippen molar-refractivity contribution in [3.05, 3.63) is 12.4 Å². The normalized spacial score (nSPS) is 24.1. The van der Waals surface area contributed by atoms with Gasteiger partial charge in [-0.05, 0) is 40.5 Å². The molecular weight excluding hydrogens is 354 g/mol. The Morgan fingerprint density at radius 2 is 1.92 bits per heavy atom. The first-order valence-electron chi connectivity index (χ1n) is 9.00. The molecule has 1 aromatic rings. The van der Waals surface area contributed by atoms with Crippen molar-refractivity contribution in [2.75, 3.05) is 24.3 Å². The average Bonchev–Trinajstić information content (AvgIpc) is 3.15. The van der Waals surface area contributed by atoms with Crippen LogP contribution in [0.3, 0.4) is 0 Å². The van der Waals surface area contributed by atoms with Crippen molar-refractivity contribution in [3.63, 3.8) is 0 Å². The maximum atomic E-state index is 11.8. The van der Waals surface area contributed by atoms with Crippen LogP contribution >= 0.6 is 11.6 Å². The van der Waals surface area contributed by atoms with Crippen LogP contribution in [0.4, 0.5) is 5.95 Å². The van der Waals surface area contributed by atoms with Gasteiger partial charge < -0.3 is 19.5 Å². The minimum atomic E-state index is -0.472. The Balaban J connectivity index is 1.58. The highest BCUT2D eigenvalue weighted by Crippen LogP contribution is 2.36. The number of amides is 1. The summed E-state index contributed by atoms with van der Waals surface area (Å²) in [6.45, 7) is 9.43. The summed E-state index contributed by atoms with van der Waals surface area (Å²) in [4.78, 5) is 22.4. The molecule has 3 heterocycles. The average molecular weight is 381 g/mol. The fourth-order valence-corrected chi connectivity index (χ4v) is 3.35. The summed E-state index contributed by atoms with van der Waals surface area (Å²) in [5.41, 5.74) is -0.000629. The SMILES string of the molecule is CC1(C)OB(c2cnc(NCC3CCCN3C(=O)CCl)nc2)OC1(C)C. The Hall–Kier alpha value is -1.38. The van der Waals surface area contributed by atoms with Crippen LogP contribution < -0.4 is 10.8 Å². The minimum absolute atomic E-state index is 0.0204. The molecule has 1 aromatic heterocycles. The van der Waals surface area contributed by atoms with Crippen LogP contribution in [0, 0.1) is 0 Å². The summed E-state index contributed by atoms with van der Waals surface area (Å²) in [6.07, 6.45) is 5.39. The maximum absolute atomic E-state index is 11.8. The molecule has 2 saturated heterocycles. The van der Waals surface area contributed by atoms with Crippen LogP contribution in [0.2, 0.25) is 0 Å². The van der Waals surface area contributed by atoms with Gasteiger partial charge in [0.2, 0.25) is 11.9 Å². The van der Waals surface area contributed by atoms with Gasteiger partial charge in [0.15, 0.2) is 0 Å². The molecular formula is C17H26BClN4O3. The number of nitrogens with one attached hydrogen (secondary N) is 1. The van der Waals surface area contributed by atoms with Crippen molar-refractivity contribution in [1.82, 2.24) is 14.9 Å². The van der Waals surface area contributed by atoms with E-state index in [1.165, 1.54) is 0 Å². The third-order valence-electron chi connectivity index (χ3n) is 5.50. The van der Waals surface area contributed by atoms with Gasteiger partial charge in [-0.15, -0.1) is 11.6 Å². The smallest absolute Gasteiger partial charge is 0.399 e. The topological polar surface area (TPSA) is 76.6 Å². The van der Waals surface area contributed by atoms with Crippen LogP contribution in [-0.2, 0) is 14.1 Å². The Labute approximate surface area is 159 Å². The largest absolute Gasteiger partial charge is 0.498 e. The van der Waals surface area contributed by atoms with Crippen LogP contribution in [0.1, 0.15) is 40.5 Å². The Kier molecular flexibility index (Phi) is 5.46. The van der Waals surface area contributed by atoms with E-state index in [9.17, 15) is 4.79 Å². The molecule has 1 amide bonds. The molecule has 2 fully saturated rings. The maximum Gasteiger partial charge on any atom is 0.498 e. The summed E-state index contributed by atoms with van der Waals surface area (Å²) in [7, 11) is -0.472. The lowest BCUT2D eigenvalue weighted by molar-refractivity contribution is -0.129. The number of carbonyl (C=O) groups excluding carboxylic acids is 1. The van der Waals surface area contributed by atoms with Gasteiger partial charge >= 0.3 is 7.12 Å². The van der Waals surface area contributed by atoms with Gasteiger partial charge in [-0.1, -0.05) is 0 Å². The molecule has 142 valence electrons. The van der Waals surface area contributed by atoms with E-state index in [1.807, 2.05) is 32.6 Å². The van der Waals surface area contributed by atoms with E-state index in [4.69, 9.17) is 20.9 Å². The predicted octanol–water partition coefficient (Wildman–Crippen LogP) is 1.42. The van der Waals surface area contributed by atoms with E-state index >= 15 is 0 Å². The molecule has 0 bridgehead atoms. The van der Waals surface area contributed by atoms with Crippen LogP contribution in [0.25, 0.3) is 0 Å². The van der Waals surface area contributed by atoms with Crippen LogP contribution in [0.15, 0.2) is 12.4 Å². The van der Waals surface area contributed by atoms with Gasteiger partial charge in [0, 0.05) is 37.0 Å². The zero-order valence-corrected chi connectivity index (χ0v) is 16.5. The summed E-state index contributed by atoms with van der Waals surface area (Å²) in [5, 5.41) is 3.21. The fraction of sp³-hybridized carbons (Fsp3) is 0.706. The van der Waals surface area contributed by atoms with E-state index in [1.54, 1.807) is 12.4 Å². The zero-order chi connectivity index (χ0) is 18.9. The molecule has 0 aromatic carbocycles. The van der Waals surface area contributed by atoms with Crippen LogP contribution in [0.5, 0.6) is 0 Å². The van der Waals surface area contributed by atoms with Crippen molar-refractivity contribution < 1.29 is 14.1 Å². The number of carbonyl (C=O) groups is 1. The van der Waals surface area contributed by atoms with Crippen molar-refractivity contribution >= 4 is 36.0 Å². The highest BCUT2D eigenvalue weighted by molar-refractivity contribution is 6.61. The Morgan fingerprint density at radius 3 is 2.50 bits per heavy atom. The standard InChI is InChI=1S/C17H26BClN4O3/c1-16(2)17(3,4)26-18(25-16)12-9-20-15(21-10-12)22-11-13-6-5-7-23(13)14(24)8-19/h9-10,13H,5-8,11H2,1-4H3,(H,20,21,22). The Bertz CT molecular complexity index is 640. The number of alkyl halides is 1. The molecule has 0 saturated carbocycles. The number of likely N-dealkylation sites (tertiary alicyclic amines) is 1. The second-order valence-electron chi connectivity index (χ2n) is 7.83. The first kappa shape index (κ1) is 19.4. The molecule has 3 rings (SSSR count). The number of rotatable bonds is 5. The van der Waals surface area contributed by atoms with Crippen molar-refractivity contribution in [1.29, 1.82) is 0 Å². The second-order valence-corrected chi connectivity index (χ2v) is 8.09. The monoisotopic (exact) mass is 380 g/mol. The van der Waals surface area contributed by atoms with E-state index in [2.05, 4.69) is 15.3 Å². The second kappa shape index (κ2) is 7.33. The number of halogens is 1. The van der Waals surface area contributed by atoms with Gasteiger partial charge in [0.1, 0.15) is 5.88 Å². The summed E-state index contributed by atoms with van der Waals surface area (Å²) < 4.78 is 12.0. The lowest BCUT2D eigenvalue weighted by atomic mass is 9.81. The van der Waals surface area contributed by atoms with E-state index in [0.717, 1.165) is 24.8 Å². The zero-order valence-electron chi connectivity index (χ0n) is 15.8. The molecule has 2 aliphatic rings. The van der Waals surface area contributed by atoms with Crippen molar-refractivity contribution in [2.45, 2.75) is 57.8 Å². The summed E-state index contributed by atoms with van der Waals surface area (Å²) in [5.74, 6) is 0.527. The van der Waals surface area contributed by atoms with E-state index < -0.39 is 18.3 Å². The molecule has 1 unspecified atom stereocenters. The highest BCUT2D eigenvalue weighted by atomic mass is 35.5. The summed E-state index contributed by atoms with van der Waals surface area (Å²) in [6, 6.07) is 0.132. The number of hydrogen-bond donors (Lipinski definition) is 1. The van der Waals surface area contributed by atoms with Crippen molar-refractivity contribution in [3.8, 4) is 0 Å². The lowest BCUT2D eigenvalue weighted by Gasteiger charge is -2.32. The van der Waals surface area contributed by atoms with Gasteiger partial charge in [-0.3, -0.25) is 4.79 Å². The number of aromatic nitrogens is 2. The molecule has 0 radical (unpaired) electrons. The van der Waals surface area contributed by atoms with Gasteiger partial charge in [-0.25, -0.2) is 9.97 Å². The molecule has 26 heavy (non-hydrogen) atoms. The minimum Gasteiger partial charge on any atom is -0.399 e. The van der Waals surface area contributed by atoms with Gasteiger partial charge in [0.05, 0.1) is 11.2 Å². The first-order valence-corrected chi connectivity index (χ1v) is 9.54. The van der Waals surface area contributed by atoms with E-state index in [0.29, 0.717) is 12.5 Å². The number of hydrogen-bond acceptors (Lipinski definition) is 6. The van der Waals surface area contributed by atoms with Crippen LogP contribution in [-0.4, -0.2) is 64.1 Å². The predicted molar refractivity (Wildman–Crippen MR) is 102 cm³/mol.